The first-order valence-electron chi connectivity index (χ1n) is 6.98. The van der Waals surface area contributed by atoms with Crippen molar-refractivity contribution in [3.05, 3.63) is 34.9 Å². The fourth-order valence-corrected chi connectivity index (χ4v) is 2.48. The lowest BCUT2D eigenvalue weighted by atomic mass is 9.91. The van der Waals surface area contributed by atoms with Gasteiger partial charge in [-0.15, -0.1) is 0 Å². The number of likely N-dealkylation sites (N-methyl/N-ethyl adjacent to an activating group) is 1. The van der Waals surface area contributed by atoms with Crippen molar-refractivity contribution in [2.45, 2.75) is 32.6 Å². The third-order valence-corrected chi connectivity index (χ3v) is 3.74. The second kappa shape index (κ2) is 6.46. The minimum absolute atomic E-state index is 0.00377. The lowest BCUT2D eigenvalue weighted by molar-refractivity contribution is -0.117. The standard InChI is InChI=1S/C16H21NO3/c1-11-14(18)8-5-9-15(11)20-10-12-6-3-4-7-13(12)16(19)17-2/h5,8-9,18H,3-4,6-7,10H2,1-2H3,(H,17,19). The molecule has 2 N–H and O–H groups in total. The summed E-state index contributed by atoms with van der Waals surface area (Å²) in [4.78, 5) is 11.8. The monoisotopic (exact) mass is 275 g/mol. The predicted octanol–water partition coefficient (Wildman–Crippen LogP) is 2.70. The van der Waals surface area contributed by atoms with Crippen molar-refractivity contribution in [2.75, 3.05) is 13.7 Å². The number of carbonyl (C=O) groups excluding carboxylic acids is 1. The molecule has 0 saturated carbocycles. The van der Waals surface area contributed by atoms with Gasteiger partial charge in [-0.2, -0.15) is 0 Å². The van der Waals surface area contributed by atoms with Crippen molar-refractivity contribution >= 4 is 5.91 Å². The highest BCUT2D eigenvalue weighted by Gasteiger charge is 2.18. The van der Waals surface area contributed by atoms with Gasteiger partial charge in [-0.3, -0.25) is 4.79 Å². The number of rotatable bonds is 4. The van der Waals surface area contributed by atoms with E-state index in [1.54, 1.807) is 19.2 Å². The molecule has 4 heteroatoms. The number of phenols is 1. The molecule has 20 heavy (non-hydrogen) atoms. The predicted molar refractivity (Wildman–Crippen MR) is 77.9 cm³/mol. The average Bonchev–Trinajstić information content (AvgIpc) is 2.48. The third kappa shape index (κ3) is 3.13. The summed E-state index contributed by atoms with van der Waals surface area (Å²) in [6.45, 7) is 2.23. The van der Waals surface area contributed by atoms with Gasteiger partial charge in [0.1, 0.15) is 18.1 Å². The maximum atomic E-state index is 11.8. The number of carbonyl (C=O) groups is 1. The molecule has 0 unspecified atom stereocenters. The molecule has 0 aliphatic heterocycles. The van der Waals surface area contributed by atoms with Crippen LogP contribution in [-0.2, 0) is 4.79 Å². The van der Waals surface area contributed by atoms with Crippen LogP contribution in [0.3, 0.4) is 0 Å². The molecule has 108 valence electrons. The highest BCUT2D eigenvalue weighted by Crippen LogP contribution is 2.29. The minimum Gasteiger partial charge on any atom is -0.508 e. The zero-order valence-corrected chi connectivity index (χ0v) is 12.0. The fraction of sp³-hybridized carbons (Fsp3) is 0.438. The number of benzene rings is 1. The van der Waals surface area contributed by atoms with E-state index in [0.717, 1.165) is 42.4 Å². The number of ether oxygens (including phenoxy) is 1. The van der Waals surface area contributed by atoms with Crippen molar-refractivity contribution in [3.63, 3.8) is 0 Å². The Hall–Kier alpha value is -1.97. The van der Waals surface area contributed by atoms with E-state index in [2.05, 4.69) is 5.32 Å². The van der Waals surface area contributed by atoms with E-state index >= 15 is 0 Å². The topological polar surface area (TPSA) is 58.6 Å². The molecule has 0 aromatic heterocycles. The van der Waals surface area contributed by atoms with E-state index in [1.165, 1.54) is 0 Å². The van der Waals surface area contributed by atoms with Crippen LogP contribution in [-0.4, -0.2) is 24.7 Å². The van der Waals surface area contributed by atoms with E-state index in [0.29, 0.717) is 12.4 Å². The molecule has 0 atom stereocenters. The normalized spacial score (nSPS) is 15.1. The van der Waals surface area contributed by atoms with Gasteiger partial charge in [0.25, 0.3) is 0 Å². The number of amides is 1. The van der Waals surface area contributed by atoms with Gasteiger partial charge in [0, 0.05) is 18.2 Å². The zero-order valence-electron chi connectivity index (χ0n) is 12.0. The van der Waals surface area contributed by atoms with Gasteiger partial charge >= 0.3 is 0 Å². The molecule has 0 spiro atoms. The molecule has 0 radical (unpaired) electrons. The van der Waals surface area contributed by atoms with Crippen LogP contribution < -0.4 is 10.1 Å². The molecule has 4 nitrogen and oxygen atoms in total. The summed E-state index contributed by atoms with van der Waals surface area (Å²) in [6, 6.07) is 5.22. The van der Waals surface area contributed by atoms with E-state index < -0.39 is 0 Å². The van der Waals surface area contributed by atoms with E-state index in [-0.39, 0.29) is 11.7 Å². The maximum absolute atomic E-state index is 11.8. The first-order valence-corrected chi connectivity index (χ1v) is 6.98. The van der Waals surface area contributed by atoms with Crippen LogP contribution in [0, 0.1) is 6.92 Å². The molecular weight excluding hydrogens is 254 g/mol. The van der Waals surface area contributed by atoms with E-state index in [1.807, 2.05) is 13.0 Å². The number of nitrogens with one attached hydrogen (secondary N) is 1. The summed E-state index contributed by atoms with van der Waals surface area (Å²) >= 11 is 0. The molecule has 1 amide bonds. The van der Waals surface area contributed by atoms with Crippen molar-refractivity contribution in [1.29, 1.82) is 0 Å². The van der Waals surface area contributed by atoms with Crippen LogP contribution in [0.1, 0.15) is 31.2 Å². The maximum Gasteiger partial charge on any atom is 0.247 e. The Balaban J connectivity index is 2.13. The van der Waals surface area contributed by atoms with Crippen molar-refractivity contribution < 1.29 is 14.6 Å². The molecular formula is C16H21NO3. The van der Waals surface area contributed by atoms with Crippen molar-refractivity contribution in [3.8, 4) is 11.5 Å². The van der Waals surface area contributed by atoms with Gasteiger partial charge in [-0.25, -0.2) is 0 Å². The van der Waals surface area contributed by atoms with Crippen LogP contribution in [0.2, 0.25) is 0 Å². The summed E-state index contributed by atoms with van der Waals surface area (Å²) in [5.74, 6) is 0.891. The van der Waals surface area contributed by atoms with Gasteiger partial charge in [0.05, 0.1) is 0 Å². The molecule has 1 aromatic rings. The molecule has 0 saturated heterocycles. The van der Waals surface area contributed by atoms with Crippen LogP contribution in [0.25, 0.3) is 0 Å². The zero-order chi connectivity index (χ0) is 14.5. The first kappa shape index (κ1) is 14.4. The van der Waals surface area contributed by atoms with E-state index in [4.69, 9.17) is 4.74 Å². The summed E-state index contributed by atoms with van der Waals surface area (Å²) < 4.78 is 5.78. The van der Waals surface area contributed by atoms with Crippen LogP contribution in [0.4, 0.5) is 0 Å². The summed E-state index contributed by atoms with van der Waals surface area (Å²) in [6.07, 6.45) is 3.87. The quantitative estimate of drug-likeness (QED) is 0.888. The first-order chi connectivity index (χ1) is 9.63. The Kier molecular flexibility index (Phi) is 4.66. The van der Waals surface area contributed by atoms with Gasteiger partial charge < -0.3 is 15.2 Å². The highest BCUT2D eigenvalue weighted by atomic mass is 16.5. The molecule has 1 aromatic carbocycles. The molecule has 1 aliphatic carbocycles. The van der Waals surface area contributed by atoms with Crippen molar-refractivity contribution in [1.82, 2.24) is 5.32 Å². The Bertz CT molecular complexity index is 535. The average molecular weight is 275 g/mol. The highest BCUT2D eigenvalue weighted by molar-refractivity contribution is 5.94. The van der Waals surface area contributed by atoms with E-state index in [9.17, 15) is 9.90 Å². The summed E-state index contributed by atoms with van der Waals surface area (Å²) in [7, 11) is 1.65. The minimum atomic E-state index is -0.00377. The Morgan fingerprint density at radius 3 is 2.85 bits per heavy atom. The third-order valence-electron chi connectivity index (χ3n) is 3.74. The number of phenolic OH excluding ortho intramolecular Hbond substituents is 1. The molecule has 0 heterocycles. The second-order valence-electron chi connectivity index (χ2n) is 5.06. The summed E-state index contributed by atoms with van der Waals surface area (Å²) in [5.41, 5.74) is 2.65. The van der Waals surface area contributed by atoms with Crippen LogP contribution >= 0.6 is 0 Å². The lowest BCUT2D eigenvalue weighted by Crippen LogP contribution is -2.24. The van der Waals surface area contributed by atoms with Gasteiger partial charge in [0.15, 0.2) is 0 Å². The Morgan fingerprint density at radius 1 is 1.35 bits per heavy atom. The van der Waals surface area contributed by atoms with Gasteiger partial charge in [-0.05, 0) is 50.3 Å². The SMILES string of the molecule is CNC(=O)C1=C(COc2cccc(O)c2C)CCCC1. The largest absolute Gasteiger partial charge is 0.508 e. The molecule has 2 rings (SSSR count). The fourth-order valence-electron chi connectivity index (χ4n) is 2.48. The van der Waals surface area contributed by atoms with Gasteiger partial charge in [0.2, 0.25) is 5.91 Å². The number of hydrogen-bond donors (Lipinski definition) is 2. The van der Waals surface area contributed by atoms with Crippen molar-refractivity contribution in [2.24, 2.45) is 0 Å². The lowest BCUT2D eigenvalue weighted by Gasteiger charge is -2.20. The van der Waals surface area contributed by atoms with Crippen LogP contribution in [0.15, 0.2) is 29.3 Å². The van der Waals surface area contributed by atoms with Crippen LogP contribution in [0.5, 0.6) is 11.5 Å². The Labute approximate surface area is 119 Å². The summed E-state index contributed by atoms with van der Waals surface area (Å²) in [5, 5.41) is 12.4. The Morgan fingerprint density at radius 2 is 2.10 bits per heavy atom. The van der Waals surface area contributed by atoms with Gasteiger partial charge in [-0.1, -0.05) is 6.07 Å². The molecule has 1 aliphatic rings. The second-order valence-corrected chi connectivity index (χ2v) is 5.06. The molecule has 0 bridgehead atoms. The smallest absolute Gasteiger partial charge is 0.247 e. The molecule has 0 fully saturated rings. The number of aromatic hydroxyl groups is 1. The number of hydrogen-bond acceptors (Lipinski definition) is 3.